The molecule has 0 spiro atoms. The van der Waals surface area contributed by atoms with Crippen molar-refractivity contribution >= 4 is 46.4 Å². The Morgan fingerprint density at radius 3 is 2.63 bits per heavy atom. The summed E-state index contributed by atoms with van der Waals surface area (Å²) >= 11 is 6.95. The molecule has 8 rings (SSSR count). The molecule has 0 radical (unpaired) electrons. The second-order valence-electron chi connectivity index (χ2n) is 16.7. The van der Waals surface area contributed by atoms with Gasteiger partial charge in [-0.1, -0.05) is 36.6 Å². The molecular formula is C43H56ClN5O10. The number of carbonyl (C=O) groups excluding carboxylic acids is 4. The van der Waals surface area contributed by atoms with Crippen LogP contribution < -0.4 is 24.8 Å². The highest BCUT2D eigenvalue weighted by Gasteiger charge is 2.62. The van der Waals surface area contributed by atoms with Gasteiger partial charge in [-0.3, -0.25) is 14.5 Å². The molecule has 6 aliphatic rings. The fourth-order valence-electron chi connectivity index (χ4n) is 9.30. The van der Waals surface area contributed by atoms with Crippen molar-refractivity contribution in [2.45, 2.75) is 101 Å². The van der Waals surface area contributed by atoms with Crippen LogP contribution in [0.15, 0.2) is 30.4 Å². The zero-order chi connectivity index (χ0) is 41.1. The molecule has 3 saturated carbocycles. The maximum Gasteiger partial charge on any atom is 0.408 e. The molecule has 1 aromatic carbocycles. The molecule has 4 heterocycles. The van der Waals surface area contributed by atoms with E-state index in [9.17, 15) is 19.2 Å². The van der Waals surface area contributed by atoms with Gasteiger partial charge in [0.25, 0.3) is 0 Å². The fourth-order valence-corrected chi connectivity index (χ4v) is 9.57. The van der Waals surface area contributed by atoms with Crippen molar-refractivity contribution in [3.8, 4) is 17.4 Å². The highest BCUT2D eigenvalue weighted by Crippen LogP contribution is 2.52. The summed E-state index contributed by atoms with van der Waals surface area (Å²) in [5.74, 6) is 0.755. The van der Waals surface area contributed by atoms with Crippen LogP contribution in [0.2, 0.25) is 5.02 Å². The Balaban J connectivity index is 1.05. The molecule has 15 nitrogen and oxygen atoms in total. The van der Waals surface area contributed by atoms with Crippen LogP contribution in [0.3, 0.4) is 0 Å². The number of carbonyl (C=O) groups is 4. The monoisotopic (exact) mass is 837 g/mol. The van der Waals surface area contributed by atoms with E-state index in [1.807, 2.05) is 25.1 Å². The van der Waals surface area contributed by atoms with Crippen molar-refractivity contribution in [1.29, 1.82) is 0 Å². The Hall–Kier alpha value is -4.34. The predicted molar refractivity (Wildman–Crippen MR) is 216 cm³/mol. The zero-order valence-corrected chi connectivity index (χ0v) is 34.7. The number of nitrogens with one attached hydrogen (secondary N) is 2. The van der Waals surface area contributed by atoms with Crippen molar-refractivity contribution in [3.63, 3.8) is 0 Å². The van der Waals surface area contributed by atoms with Crippen molar-refractivity contribution in [3.05, 3.63) is 35.4 Å². The van der Waals surface area contributed by atoms with Crippen LogP contribution in [0, 0.1) is 17.8 Å². The number of alkyl carbamates (subject to hydrolysis) is 1. The van der Waals surface area contributed by atoms with Gasteiger partial charge in [-0.05, 0) is 75.8 Å². The van der Waals surface area contributed by atoms with E-state index in [0.717, 1.165) is 51.7 Å². The summed E-state index contributed by atoms with van der Waals surface area (Å²) in [6, 6.07) is 3.35. The van der Waals surface area contributed by atoms with E-state index in [4.69, 9.17) is 45.0 Å². The van der Waals surface area contributed by atoms with Gasteiger partial charge in [0, 0.05) is 43.4 Å². The largest absolute Gasteiger partial charge is 0.491 e. The molecule has 1 aromatic heterocycles. The molecule has 320 valence electrons. The van der Waals surface area contributed by atoms with Gasteiger partial charge in [-0.25, -0.2) is 14.6 Å². The van der Waals surface area contributed by atoms with Gasteiger partial charge in [-0.2, -0.15) is 0 Å². The summed E-state index contributed by atoms with van der Waals surface area (Å²) in [5, 5.41) is 6.77. The number of pyridine rings is 1. The lowest BCUT2D eigenvalue weighted by molar-refractivity contribution is -0.148. The molecular weight excluding hydrogens is 782 g/mol. The second-order valence-corrected chi connectivity index (χ2v) is 17.1. The Labute approximate surface area is 349 Å². The summed E-state index contributed by atoms with van der Waals surface area (Å²) in [5.41, 5.74) is -0.806. The molecule has 59 heavy (non-hydrogen) atoms. The number of ether oxygens (including phenoxy) is 6. The lowest BCUT2D eigenvalue weighted by atomic mass is 10.0. The number of morpholine rings is 1. The van der Waals surface area contributed by atoms with E-state index in [0.29, 0.717) is 90.8 Å². The van der Waals surface area contributed by atoms with Crippen LogP contribution >= 0.6 is 11.6 Å². The predicted octanol–water partition coefficient (Wildman–Crippen LogP) is 4.81. The van der Waals surface area contributed by atoms with Gasteiger partial charge < -0.3 is 44.0 Å². The number of hydrogen-bond donors (Lipinski definition) is 2. The number of benzene rings is 1. The fraction of sp³-hybridized carbons (Fsp3) is 0.651. The highest BCUT2D eigenvalue weighted by molar-refractivity contribution is 6.36. The second kappa shape index (κ2) is 18.1. The molecule has 2 saturated heterocycles. The number of fused-ring (bicyclic) bond motifs is 4. The number of aromatic nitrogens is 1. The highest BCUT2D eigenvalue weighted by atomic mass is 35.5. The van der Waals surface area contributed by atoms with Gasteiger partial charge in [0.15, 0.2) is 0 Å². The minimum atomic E-state index is -1.23. The minimum absolute atomic E-state index is 0.0366. The molecule has 8 atom stereocenters. The van der Waals surface area contributed by atoms with E-state index < -0.39 is 47.6 Å². The molecule has 0 bridgehead atoms. The molecule has 0 unspecified atom stereocenters. The van der Waals surface area contributed by atoms with Crippen LogP contribution in [0.25, 0.3) is 10.9 Å². The summed E-state index contributed by atoms with van der Waals surface area (Å²) in [4.78, 5) is 64.0. The number of allylic oxidation sites excluding steroid dienone is 1. The third-order valence-electron chi connectivity index (χ3n) is 12.7. The molecule has 16 heteroatoms. The van der Waals surface area contributed by atoms with Gasteiger partial charge in [0.2, 0.25) is 17.7 Å². The van der Waals surface area contributed by atoms with E-state index in [1.165, 1.54) is 18.4 Å². The van der Waals surface area contributed by atoms with Crippen LogP contribution in [0.4, 0.5) is 4.79 Å². The van der Waals surface area contributed by atoms with Crippen LogP contribution in [0.5, 0.6) is 17.4 Å². The first-order valence-corrected chi connectivity index (χ1v) is 21.7. The molecule has 5 fully saturated rings. The van der Waals surface area contributed by atoms with Crippen LogP contribution in [0.1, 0.15) is 71.1 Å². The van der Waals surface area contributed by atoms with Crippen LogP contribution in [-0.4, -0.2) is 128 Å². The Morgan fingerprint density at radius 2 is 1.85 bits per heavy atom. The molecule has 3 aliphatic heterocycles. The molecule has 3 aliphatic carbocycles. The van der Waals surface area contributed by atoms with Crippen molar-refractivity contribution in [1.82, 2.24) is 25.4 Å². The lowest BCUT2D eigenvalue weighted by Gasteiger charge is -2.29. The first-order valence-electron chi connectivity index (χ1n) is 21.4. The third kappa shape index (κ3) is 9.36. The minimum Gasteiger partial charge on any atom is -0.491 e. The van der Waals surface area contributed by atoms with Gasteiger partial charge in [-0.15, -0.1) is 0 Å². The van der Waals surface area contributed by atoms with E-state index in [2.05, 4.69) is 15.5 Å². The zero-order valence-electron chi connectivity index (χ0n) is 34.0. The van der Waals surface area contributed by atoms with Crippen molar-refractivity contribution in [2.24, 2.45) is 17.8 Å². The first-order chi connectivity index (χ1) is 28.6. The van der Waals surface area contributed by atoms with E-state index >= 15 is 0 Å². The first kappa shape index (κ1) is 41.4. The summed E-state index contributed by atoms with van der Waals surface area (Å²) in [6.45, 7) is 6.46. The summed E-state index contributed by atoms with van der Waals surface area (Å²) in [7, 11) is 1.31. The number of esters is 1. The summed E-state index contributed by atoms with van der Waals surface area (Å²) < 4.78 is 35.1. The Bertz CT molecular complexity index is 1920. The quantitative estimate of drug-likeness (QED) is 0.235. The van der Waals surface area contributed by atoms with E-state index in [-0.39, 0.29) is 25.0 Å². The normalized spacial score (nSPS) is 31.4. The average Bonchev–Trinajstić information content (AvgIpc) is 4.03. The average molecular weight is 838 g/mol. The van der Waals surface area contributed by atoms with Gasteiger partial charge in [0.1, 0.15) is 58.5 Å². The number of methoxy groups -OCH3 is 1. The number of amides is 3. The lowest BCUT2D eigenvalue weighted by Crippen LogP contribution is -2.56. The maximum absolute atomic E-state index is 14.7. The smallest absolute Gasteiger partial charge is 0.408 e. The summed E-state index contributed by atoms with van der Waals surface area (Å²) in [6.07, 6.45) is 9.51. The third-order valence-corrected chi connectivity index (χ3v) is 13.1. The van der Waals surface area contributed by atoms with Gasteiger partial charge in [0.05, 0.1) is 33.5 Å². The Kier molecular flexibility index (Phi) is 12.7. The van der Waals surface area contributed by atoms with Crippen molar-refractivity contribution < 1.29 is 47.6 Å². The SMILES string of the molecule is CCOc1cc(O[C@@H]2C[C@H]3C(=O)N[C@]4(C(=O)OC)C[C@H]4/C=C\CCCCC[C@H](NC(=O)O[C@@H]4C[C@@H]5C[C@@H]5C4)C(=O)N3C2)c2ccc(OCCN3CCOCC3)c(Cl)c2n1. The topological polar surface area (TPSA) is 167 Å². The van der Waals surface area contributed by atoms with Crippen LogP contribution in [-0.2, 0) is 28.6 Å². The van der Waals surface area contributed by atoms with Gasteiger partial charge >= 0.3 is 12.1 Å². The number of halogens is 1. The maximum atomic E-state index is 14.7. The number of nitrogens with zero attached hydrogens (tertiary/aromatic N) is 3. The molecule has 2 N–H and O–H groups in total. The molecule has 3 amide bonds. The standard InChI is InChI=1S/C43H56ClN5O10/c1-3-56-36-23-35(31-11-12-34(37(44)38(31)46-36)57-18-15-48-13-16-55-17-14-48)58-30-22-33-39(50)47-43(41(52)54-2)24-28(43)9-7-5-4-6-8-10-32(40(51)49(33)25-30)45-42(53)59-29-20-26-19-27(26)21-29/h7,9,11-12,23,26-30,32-33H,3-6,8,10,13-22,24-25H2,1-2H3,(H,45,53)(H,47,50)/b9-7-/t26-,27+,28-,29+,30-,32+,33+,43-/m1/s1. The van der Waals surface area contributed by atoms with Crippen molar-refractivity contribution in [2.75, 3.05) is 59.7 Å². The number of rotatable bonds is 11. The number of hydrogen-bond acceptors (Lipinski definition) is 12. The van der Waals surface area contributed by atoms with E-state index in [1.54, 1.807) is 12.1 Å². The Morgan fingerprint density at radius 1 is 1.03 bits per heavy atom. The molecule has 2 aromatic rings.